The zero-order valence-electron chi connectivity index (χ0n) is 14.1. The first-order valence-corrected chi connectivity index (χ1v) is 8.84. The molecule has 0 aliphatic heterocycles. The van der Waals surface area contributed by atoms with E-state index in [9.17, 15) is 4.79 Å². The number of benzene rings is 1. The summed E-state index contributed by atoms with van der Waals surface area (Å²) in [5.74, 6) is 0.0953. The summed E-state index contributed by atoms with van der Waals surface area (Å²) in [6.45, 7) is 3.42. The van der Waals surface area contributed by atoms with Crippen molar-refractivity contribution in [2.75, 3.05) is 13.6 Å². The van der Waals surface area contributed by atoms with Gasteiger partial charge in [-0.05, 0) is 63.8 Å². The van der Waals surface area contributed by atoms with E-state index in [-0.39, 0.29) is 11.9 Å². The molecule has 0 bridgehead atoms. The molecule has 1 aromatic carbocycles. The first kappa shape index (κ1) is 18.0. The van der Waals surface area contributed by atoms with Gasteiger partial charge in [0.1, 0.15) is 0 Å². The lowest BCUT2D eigenvalue weighted by Crippen LogP contribution is -2.43. The molecule has 0 radical (unpaired) electrons. The summed E-state index contributed by atoms with van der Waals surface area (Å²) in [4.78, 5) is 14.3. The van der Waals surface area contributed by atoms with E-state index in [2.05, 4.69) is 16.3 Å². The molecule has 0 saturated heterocycles. The predicted molar refractivity (Wildman–Crippen MR) is 96.6 cm³/mol. The summed E-state index contributed by atoms with van der Waals surface area (Å²) in [7, 11) is 1.97. The lowest BCUT2D eigenvalue weighted by Gasteiger charge is -2.24. The van der Waals surface area contributed by atoms with Crippen LogP contribution in [0.4, 0.5) is 0 Å². The minimum atomic E-state index is -0.147. The average molecular weight is 335 g/mol. The summed E-state index contributed by atoms with van der Waals surface area (Å²) in [5.41, 5.74) is 2.66. The zero-order valence-corrected chi connectivity index (χ0v) is 14.9. The molecule has 1 N–H and O–H groups in total. The maximum absolute atomic E-state index is 12.3. The van der Waals surface area contributed by atoms with Crippen LogP contribution in [0.5, 0.6) is 0 Å². The van der Waals surface area contributed by atoms with Crippen LogP contribution >= 0.6 is 11.6 Å². The summed E-state index contributed by atoms with van der Waals surface area (Å²) >= 11 is 5.90. The Balaban J connectivity index is 1.74. The van der Waals surface area contributed by atoms with E-state index in [0.717, 1.165) is 30.1 Å². The topological polar surface area (TPSA) is 32.3 Å². The molecule has 3 nitrogen and oxygen atoms in total. The lowest BCUT2D eigenvalue weighted by molar-refractivity contribution is -0.125. The molecule has 23 heavy (non-hydrogen) atoms. The number of allylic oxidation sites excluding steroid dienone is 1. The van der Waals surface area contributed by atoms with E-state index in [1.165, 1.54) is 31.3 Å². The number of nitrogens with one attached hydrogen (secondary N) is 1. The molecule has 0 aromatic heterocycles. The number of carbonyl (C=O) groups is 1. The molecule has 1 aliphatic carbocycles. The van der Waals surface area contributed by atoms with Crippen molar-refractivity contribution in [2.24, 2.45) is 0 Å². The number of rotatable bonds is 7. The smallest absolute Gasteiger partial charge is 0.237 e. The van der Waals surface area contributed by atoms with E-state index in [0.29, 0.717) is 0 Å². The predicted octanol–water partition coefficient (Wildman–Crippen LogP) is 4.17. The quantitative estimate of drug-likeness (QED) is 0.759. The molecule has 1 aliphatic rings. The molecule has 126 valence electrons. The molecule has 0 saturated carbocycles. The third-order valence-corrected chi connectivity index (χ3v) is 4.77. The first-order chi connectivity index (χ1) is 11.1. The van der Waals surface area contributed by atoms with Crippen LogP contribution in [0.15, 0.2) is 35.9 Å². The maximum atomic E-state index is 12.3. The monoisotopic (exact) mass is 334 g/mol. The number of amides is 1. The van der Waals surface area contributed by atoms with Crippen LogP contribution in [0.3, 0.4) is 0 Å². The van der Waals surface area contributed by atoms with Gasteiger partial charge in [-0.2, -0.15) is 0 Å². The van der Waals surface area contributed by atoms with Gasteiger partial charge in [-0.25, -0.2) is 0 Å². The van der Waals surface area contributed by atoms with Crippen molar-refractivity contribution in [3.8, 4) is 0 Å². The molecule has 0 fully saturated rings. The van der Waals surface area contributed by atoms with Gasteiger partial charge >= 0.3 is 0 Å². The van der Waals surface area contributed by atoms with Crippen LogP contribution in [0.25, 0.3) is 0 Å². The molecule has 2 rings (SSSR count). The lowest BCUT2D eigenvalue weighted by atomic mass is 9.97. The largest absolute Gasteiger partial charge is 0.354 e. The zero-order chi connectivity index (χ0) is 16.7. The van der Waals surface area contributed by atoms with Crippen molar-refractivity contribution in [3.05, 3.63) is 46.5 Å². The highest BCUT2D eigenvalue weighted by atomic mass is 35.5. The van der Waals surface area contributed by atoms with E-state index < -0.39 is 0 Å². The molecular formula is C19H27ClN2O. The third kappa shape index (κ3) is 6.00. The number of halogens is 1. The fourth-order valence-corrected chi connectivity index (χ4v) is 2.97. The van der Waals surface area contributed by atoms with Gasteiger partial charge in [-0.3, -0.25) is 9.69 Å². The van der Waals surface area contributed by atoms with Gasteiger partial charge in [0.15, 0.2) is 0 Å². The second-order valence-electron chi connectivity index (χ2n) is 6.37. The second-order valence-corrected chi connectivity index (χ2v) is 6.80. The Hall–Kier alpha value is -1.32. The Morgan fingerprint density at radius 2 is 2.04 bits per heavy atom. The fraction of sp³-hybridized carbons (Fsp3) is 0.526. The van der Waals surface area contributed by atoms with Crippen LogP contribution < -0.4 is 5.32 Å². The molecule has 1 atom stereocenters. The van der Waals surface area contributed by atoms with E-state index >= 15 is 0 Å². The minimum Gasteiger partial charge on any atom is -0.354 e. The highest BCUT2D eigenvalue weighted by Gasteiger charge is 2.17. The Kier molecular flexibility index (Phi) is 7.13. The summed E-state index contributed by atoms with van der Waals surface area (Å²) in [6.07, 6.45) is 8.32. The Morgan fingerprint density at radius 3 is 2.70 bits per heavy atom. The van der Waals surface area contributed by atoms with Crippen LogP contribution in [-0.4, -0.2) is 30.4 Å². The number of carbonyl (C=O) groups excluding carboxylic acids is 1. The van der Waals surface area contributed by atoms with Gasteiger partial charge in [0.25, 0.3) is 0 Å². The number of nitrogens with zero attached hydrogens (tertiary/aromatic N) is 1. The van der Waals surface area contributed by atoms with Gasteiger partial charge in [-0.15, -0.1) is 0 Å². The maximum Gasteiger partial charge on any atom is 0.237 e. The van der Waals surface area contributed by atoms with E-state index in [1.807, 2.05) is 38.2 Å². The molecule has 4 heteroatoms. The Morgan fingerprint density at radius 1 is 1.30 bits per heavy atom. The van der Waals surface area contributed by atoms with Gasteiger partial charge in [0.05, 0.1) is 6.04 Å². The van der Waals surface area contributed by atoms with Crippen molar-refractivity contribution in [1.29, 1.82) is 0 Å². The molecule has 0 heterocycles. The standard InChI is InChI=1S/C19H27ClN2O/c1-15(22(2)14-17-8-10-18(20)11-9-17)19(23)21-13-12-16-6-4-3-5-7-16/h6,8-11,15H,3-5,7,12-14H2,1-2H3,(H,21,23). The third-order valence-electron chi connectivity index (χ3n) is 4.52. The SMILES string of the molecule is CC(C(=O)NCCC1=CCCCC1)N(C)Cc1ccc(Cl)cc1. The van der Waals surface area contributed by atoms with Gasteiger partial charge < -0.3 is 5.32 Å². The molecular weight excluding hydrogens is 308 g/mol. The molecule has 1 amide bonds. The molecule has 0 spiro atoms. The van der Waals surface area contributed by atoms with E-state index in [1.54, 1.807) is 0 Å². The second kappa shape index (κ2) is 9.09. The van der Waals surface area contributed by atoms with Crippen molar-refractivity contribution in [3.63, 3.8) is 0 Å². The normalized spacial score (nSPS) is 16.1. The van der Waals surface area contributed by atoms with Gasteiger partial charge in [0, 0.05) is 18.1 Å². The summed E-state index contributed by atoms with van der Waals surface area (Å²) in [5, 5.41) is 3.80. The van der Waals surface area contributed by atoms with Gasteiger partial charge in [-0.1, -0.05) is 35.4 Å². The van der Waals surface area contributed by atoms with Crippen LogP contribution in [0, 0.1) is 0 Å². The highest BCUT2D eigenvalue weighted by Crippen LogP contribution is 2.19. The van der Waals surface area contributed by atoms with Crippen molar-refractivity contribution >= 4 is 17.5 Å². The number of likely N-dealkylation sites (N-methyl/N-ethyl adjacent to an activating group) is 1. The number of hydrogen-bond acceptors (Lipinski definition) is 2. The summed E-state index contributed by atoms with van der Waals surface area (Å²) < 4.78 is 0. The Labute approximate surface area is 144 Å². The molecule has 1 unspecified atom stereocenters. The minimum absolute atomic E-state index is 0.0953. The highest BCUT2D eigenvalue weighted by molar-refractivity contribution is 6.30. The first-order valence-electron chi connectivity index (χ1n) is 8.46. The van der Waals surface area contributed by atoms with E-state index in [4.69, 9.17) is 11.6 Å². The Bertz CT molecular complexity index is 539. The average Bonchev–Trinajstić information content (AvgIpc) is 2.57. The van der Waals surface area contributed by atoms with Crippen molar-refractivity contribution < 1.29 is 4.79 Å². The van der Waals surface area contributed by atoms with Gasteiger partial charge in [0.2, 0.25) is 5.91 Å². The van der Waals surface area contributed by atoms with Crippen molar-refractivity contribution in [2.45, 2.75) is 51.6 Å². The van der Waals surface area contributed by atoms with Crippen LogP contribution in [-0.2, 0) is 11.3 Å². The van der Waals surface area contributed by atoms with Crippen LogP contribution in [0.2, 0.25) is 5.02 Å². The fourth-order valence-electron chi connectivity index (χ4n) is 2.84. The molecule has 1 aromatic rings. The summed E-state index contributed by atoms with van der Waals surface area (Å²) in [6, 6.07) is 7.62. The number of hydrogen-bond donors (Lipinski definition) is 1. The van der Waals surface area contributed by atoms with Crippen LogP contribution in [0.1, 0.15) is 44.6 Å². The van der Waals surface area contributed by atoms with Crippen molar-refractivity contribution in [1.82, 2.24) is 10.2 Å².